The molecule has 0 bridgehead atoms. The zero-order valence-electron chi connectivity index (χ0n) is 16.7. The van der Waals surface area contributed by atoms with Crippen LogP contribution in [0.25, 0.3) is 0 Å². The van der Waals surface area contributed by atoms with Gasteiger partial charge in [0.15, 0.2) is 0 Å². The van der Waals surface area contributed by atoms with E-state index in [0.717, 1.165) is 16.1 Å². The third kappa shape index (κ3) is 4.72. The van der Waals surface area contributed by atoms with Crippen LogP contribution in [-0.2, 0) is 14.8 Å². The largest absolute Gasteiger partial charge is 0.299 e. The molecule has 0 aliphatic carbocycles. The number of aromatic nitrogens is 2. The van der Waals surface area contributed by atoms with Gasteiger partial charge in [-0.25, -0.2) is 8.42 Å². The quantitative estimate of drug-likeness (QED) is 0.761. The molecule has 0 aliphatic heterocycles. The Hall–Kier alpha value is -1.84. The highest BCUT2D eigenvalue weighted by Crippen LogP contribution is 2.26. The Morgan fingerprint density at radius 1 is 1.04 bits per heavy atom. The summed E-state index contributed by atoms with van der Waals surface area (Å²) in [6.07, 6.45) is 0. The Labute approximate surface area is 164 Å². The van der Waals surface area contributed by atoms with Crippen molar-refractivity contribution in [2.45, 2.75) is 65.3 Å². The zero-order chi connectivity index (χ0) is 20.5. The summed E-state index contributed by atoms with van der Waals surface area (Å²) in [7, 11) is -3.85. The Morgan fingerprint density at radius 2 is 1.59 bits per heavy atom. The van der Waals surface area contributed by atoms with Crippen molar-refractivity contribution in [3.63, 3.8) is 0 Å². The van der Waals surface area contributed by atoms with E-state index in [1.165, 1.54) is 18.3 Å². The monoisotopic (exact) mass is 410 g/mol. The van der Waals surface area contributed by atoms with Crippen LogP contribution in [0.4, 0.5) is 5.13 Å². The Morgan fingerprint density at radius 3 is 2.07 bits per heavy atom. The molecule has 9 heteroatoms. The summed E-state index contributed by atoms with van der Waals surface area (Å²) in [5.74, 6) is -0.274. The predicted octanol–water partition coefficient (Wildman–Crippen LogP) is 3.20. The summed E-state index contributed by atoms with van der Waals surface area (Å²) in [5, 5.41) is 11.7. The molecular weight excluding hydrogens is 384 g/mol. The maximum Gasteiger partial charge on any atom is 0.244 e. The minimum atomic E-state index is -3.85. The molecule has 1 heterocycles. The number of anilines is 1. The minimum absolute atomic E-state index is 0.208. The molecule has 2 rings (SSSR count). The van der Waals surface area contributed by atoms with E-state index in [-0.39, 0.29) is 10.8 Å². The second-order valence-electron chi connectivity index (χ2n) is 7.02. The summed E-state index contributed by atoms with van der Waals surface area (Å²) in [6.45, 7) is 12.8. The van der Waals surface area contributed by atoms with Gasteiger partial charge in [-0.2, -0.15) is 4.72 Å². The van der Waals surface area contributed by atoms with Gasteiger partial charge in [0.05, 0.1) is 10.9 Å². The molecule has 1 aromatic carbocycles. The van der Waals surface area contributed by atoms with E-state index in [1.807, 2.05) is 33.8 Å². The van der Waals surface area contributed by atoms with Crippen LogP contribution in [0.2, 0.25) is 0 Å². The molecule has 148 valence electrons. The van der Waals surface area contributed by atoms with Crippen LogP contribution in [-0.4, -0.2) is 30.6 Å². The SMILES string of the molecule is Cc1cc(C)c(C)c(S(=O)(=O)N[C@@H](C)C(=O)Nc2nnc(C(C)C)s2)c1C. The highest BCUT2D eigenvalue weighted by molar-refractivity contribution is 7.89. The lowest BCUT2D eigenvalue weighted by molar-refractivity contribution is -0.117. The van der Waals surface area contributed by atoms with Crippen molar-refractivity contribution >= 4 is 32.4 Å². The number of aryl methyl sites for hydroxylation is 2. The third-order valence-electron chi connectivity index (χ3n) is 4.46. The number of nitrogens with zero attached hydrogens (tertiary/aromatic N) is 2. The van der Waals surface area contributed by atoms with Gasteiger partial charge in [-0.3, -0.25) is 10.1 Å². The van der Waals surface area contributed by atoms with Gasteiger partial charge in [-0.1, -0.05) is 31.3 Å². The van der Waals surface area contributed by atoms with Gasteiger partial charge < -0.3 is 0 Å². The van der Waals surface area contributed by atoms with E-state index in [4.69, 9.17) is 0 Å². The van der Waals surface area contributed by atoms with Crippen LogP contribution >= 0.6 is 11.3 Å². The molecule has 0 unspecified atom stereocenters. The maximum absolute atomic E-state index is 12.9. The van der Waals surface area contributed by atoms with Gasteiger partial charge in [-0.05, 0) is 56.9 Å². The molecule has 0 radical (unpaired) electrons. The molecule has 2 N–H and O–H groups in total. The Kier molecular flexibility index (Phi) is 6.39. The molecule has 1 aromatic heterocycles. The van der Waals surface area contributed by atoms with E-state index in [9.17, 15) is 13.2 Å². The smallest absolute Gasteiger partial charge is 0.244 e. The molecule has 0 aliphatic rings. The fourth-order valence-electron chi connectivity index (χ4n) is 2.66. The van der Waals surface area contributed by atoms with Gasteiger partial charge >= 0.3 is 0 Å². The van der Waals surface area contributed by atoms with Crippen molar-refractivity contribution in [2.75, 3.05) is 5.32 Å². The molecule has 0 spiro atoms. The van der Waals surface area contributed by atoms with Gasteiger partial charge in [0.2, 0.25) is 21.1 Å². The fraction of sp³-hybridized carbons (Fsp3) is 0.500. The van der Waals surface area contributed by atoms with E-state index >= 15 is 0 Å². The van der Waals surface area contributed by atoms with E-state index in [2.05, 4.69) is 20.2 Å². The Bertz CT molecular complexity index is 939. The first kappa shape index (κ1) is 21.5. The molecule has 1 amide bonds. The van der Waals surface area contributed by atoms with Crippen LogP contribution in [0, 0.1) is 27.7 Å². The van der Waals surface area contributed by atoms with Crippen LogP contribution in [0.5, 0.6) is 0 Å². The van der Waals surface area contributed by atoms with Crippen molar-refractivity contribution in [1.29, 1.82) is 0 Å². The molecule has 27 heavy (non-hydrogen) atoms. The molecule has 7 nitrogen and oxygen atoms in total. The van der Waals surface area contributed by atoms with Crippen molar-refractivity contribution in [2.24, 2.45) is 0 Å². The molecule has 1 atom stereocenters. The first-order valence-corrected chi connectivity index (χ1v) is 11.0. The third-order valence-corrected chi connectivity index (χ3v) is 7.41. The molecule has 2 aromatic rings. The van der Waals surface area contributed by atoms with Crippen LogP contribution in [0.3, 0.4) is 0 Å². The van der Waals surface area contributed by atoms with E-state index < -0.39 is 22.0 Å². The lowest BCUT2D eigenvalue weighted by atomic mass is 10.0. The number of rotatable bonds is 6. The lowest BCUT2D eigenvalue weighted by Gasteiger charge is -2.18. The van der Waals surface area contributed by atoms with Gasteiger partial charge in [0.1, 0.15) is 5.01 Å². The molecular formula is C18H26N4O3S2. The second-order valence-corrected chi connectivity index (χ2v) is 9.68. The van der Waals surface area contributed by atoms with Crippen molar-refractivity contribution in [1.82, 2.24) is 14.9 Å². The number of nitrogens with one attached hydrogen (secondary N) is 2. The number of hydrogen-bond donors (Lipinski definition) is 2. The molecule has 0 fully saturated rings. The fourth-order valence-corrected chi connectivity index (χ4v) is 5.23. The first-order chi connectivity index (χ1) is 12.4. The van der Waals surface area contributed by atoms with Crippen LogP contribution in [0.15, 0.2) is 11.0 Å². The van der Waals surface area contributed by atoms with Crippen LogP contribution in [0.1, 0.15) is 54.0 Å². The highest BCUT2D eigenvalue weighted by atomic mass is 32.2. The van der Waals surface area contributed by atoms with Crippen molar-refractivity contribution in [3.05, 3.63) is 33.3 Å². The number of benzene rings is 1. The second kappa shape index (κ2) is 8.04. The number of sulfonamides is 1. The lowest BCUT2D eigenvalue weighted by Crippen LogP contribution is -2.42. The predicted molar refractivity (Wildman–Crippen MR) is 108 cm³/mol. The van der Waals surface area contributed by atoms with E-state index in [0.29, 0.717) is 16.3 Å². The standard InChI is InChI=1S/C18H26N4O3S2/c1-9(2)17-20-21-18(26-17)19-16(23)14(7)22-27(24,25)15-12(5)10(3)8-11(4)13(15)6/h8-9,14,22H,1-7H3,(H,19,21,23)/t14-/m0/s1. The van der Waals surface area contributed by atoms with Crippen molar-refractivity contribution < 1.29 is 13.2 Å². The number of hydrogen-bond acceptors (Lipinski definition) is 6. The van der Waals surface area contributed by atoms with E-state index in [1.54, 1.807) is 13.8 Å². The summed E-state index contributed by atoms with van der Waals surface area (Å²) in [4.78, 5) is 12.6. The topological polar surface area (TPSA) is 101 Å². The minimum Gasteiger partial charge on any atom is -0.299 e. The maximum atomic E-state index is 12.9. The highest BCUT2D eigenvalue weighted by Gasteiger charge is 2.27. The summed E-state index contributed by atoms with van der Waals surface area (Å²) in [6, 6.07) is 1.00. The summed E-state index contributed by atoms with van der Waals surface area (Å²) in [5.41, 5.74) is 3.16. The van der Waals surface area contributed by atoms with Gasteiger partial charge in [-0.15, -0.1) is 10.2 Å². The zero-order valence-corrected chi connectivity index (χ0v) is 18.3. The van der Waals surface area contributed by atoms with Crippen molar-refractivity contribution in [3.8, 4) is 0 Å². The summed E-state index contributed by atoms with van der Waals surface area (Å²) >= 11 is 1.28. The molecule has 0 saturated carbocycles. The average molecular weight is 411 g/mol. The number of carbonyl (C=O) groups is 1. The van der Waals surface area contributed by atoms with Crippen LogP contribution < -0.4 is 10.0 Å². The molecule has 0 saturated heterocycles. The normalized spacial score (nSPS) is 13.0. The summed E-state index contributed by atoms with van der Waals surface area (Å²) < 4.78 is 28.3. The number of carbonyl (C=O) groups excluding carboxylic acids is 1. The first-order valence-electron chi connectivity index (χ1n) is 8.68. The average Bonchev–Trinajstić information content (AvgIpc) is 3.01. The van der Waals surface area contributed by atoms with Gasteiger partial charge in [0.25, 0.3) is 0 Å². The Balaban J connectivity index is 2.21. The van der Waals surface area contributed by atoms with Gasteiger partial charge in [0, 0.05) is 5.92 Å². The number of amides is 1.